The van der Waals surface area contributed by atoms with Crippen molar-refractivity contribution in [1.82, 2.24) is 29.7 Å². The molecule has 0 aromatic carbocycles. The molecule has 4 aromatic heterocycles. The smallest absolute Gasteiger partial charge is 0.235 e. The number of aromatic amines is 1. The summed E-state index contributed by atoms with van der Waals surface area (Å²) in [6.07, 6.45) is 3.02. The summed E-state index contributed by atoms with van der Waals surface area (Å²) in [5, 5.41) is 9.80. The normalized spacial score (nSPS) is 17.1. The fourth-order valence-electron chi connectivity index (χ4n) is 3.11. The highest BCUT2D eigenvalue weighted by molar-refractivity contribution is 8.00. The third-order valence-corrected chi connectivity index (χ3v) is 6.55. The number of amides is 1. The van der Waals surface area contributed by atoms with Gasteiger partial charge < -0.3 is 10.3 Å². The molecule has 8 nitrogen and oxygen atoms in total. The van der Waals surface area contributed by atoms with Crippen LogP contribution in [0.3, 0.4) is 0 Å². The van der Waals surface area contributed by atoms with Crippen LogP contribution < -0.4 is 5.32 Å². The zero-order valence-corrected chi connectivity index (χ0v) is 15.3. The zero-order chi connectivity index (χ0) is 17.7. The first kappa shape index (κ1) is 15.5. The Labute approximate surface area is 156 Å². The number of aromatic nitrogens is 6. The fraction of sp³-hybridized carbons (Fsp3) is 0.188. The minimum atomic E-state index is -0.0497. The number of hydrogen-bond acceptors (Lipinski definition) is 7. The lowest BCUT2D eigenvalue weighted by Gasteiger charge is -2.13. The molecule has 0 saturated carbocycles. The van der Waals surface area contributed by atoms with Crippen LogP contribution in [0.15, 0.2) is 30.2 Å². The molecule has 2 N–H and O–H groups in total. The summed E-state index contributed by atoms with van der Waals surface area (Å²) in [7, 11) is 0. The Balaban J connectivity index is 1.76. The van der Waals surface area contributed by atoms with Gasteiger partial charge in [-0.3, -0.25) is 4.79 Å². The molecule has 0 bridgehead atoms. The molecule has 5 heterocycles. The predicted molar refractivity (Wildman–Crippen MR) is 101 cm³/mol. The van der Waals surface area contributed by atoms with Gasteiger partial charge in [0.05, 0.1) is 23.0 Å². The molecule has 0 saturated heterocycles. The molecule has 0 aliphatic carbocycles. The SMILES string of the molecule is Cc1nn(-c2ncnc3nc[nH]c23)c2c1C(c1cccs1)SCC(=O)N2. The van der Waals surface area contributed by atoms with Crippen LogP contribution in [0.1, 0.15) is 21.4 Å². The first-order valence-electron chi connectivity index (χ1n) is 7.91. The number of thioether (sulfide) groups is 1. The van der Waals surface area contributed by atoms with Crippen LogP contribution in [0, 0.1) is 6.92 Å². The quantitative estimate of drug-likeness (QED) is 0.552. The maximum absolute atomic E-state index is 12.3. The fourth-order valence-corrected chi connectivity index (χ4v) is 5.28. The molecular weight excluding hydrogens is 370 g/mol. The molecule has 4 aromatic rings. The summed E-state index contributed by atoms with van der Waals surface area (Å²) in [4.78, 5) is 29.3. The number of carbonyl (C=O) groups excluding carboxylic acids is 1. The van der Waals surface area contributed by atoms with Crippen molar-refractivity contribution >= 4 is 46.0 Å². The summed E-state index contributed by atoms with van der Waals surface area (Å²) < 4.78 is 1.68. The number of rotatable bonds is 2. The number of anilines is 1. The third-order valence-electron chi connectivity index (χ3n) is 4.21. The van der Waals surface area contributed by atoms with Crippen molar-refractivity contribution in [3.05, 3.63) is 46.3 Å². The van der Waals surface area contributed by atoms with Crippen LogP contribution in [-0.2, 0) is 4.79 Å². The highest BCUT2D eigenvalue weighted by Crippen LogP contribution is 2.45. The van der Waals surface area contributed by atoms with Crippen molar-refractivity contribution in [1.29, 1.82) is 0 Å². The van der Waals surface area contributed by atoms with Gasteiger partial charge in [0, 0.05) is 10.4 Å². The molecule has 5 rings (SSSR count). The van der Waals surface area contributed by atoms with E-state index < -0.39 is 0 Å². The number of H-pyrrole nitrogens is 1. The minimum Gasteiger partial charge on any atom is -0.340 e. The molecule has 1 amide bonds. The van der Waals surface area contributed by atoms with E-state index in [9.17, 15) is 4.79 Å². The van der Waals surface area contributed by atoms with Gasteiger partial charge in [-0.2, -0.15) is 9.78 Å². The molecule has 1 aliphatic rings. The van der Waals surface area contributed by atoms with E-state index in [1.807, 2.05) is 18.4 Å². The summed E-state index contributed by atoms with van der Waals surface area (Å²) >= 11 is 3.30. The van der Waals surface area contributed by atoms with Gasteiger partial charge >= 0.3 is 0 Å². The Morgan fingerprint density at radius 2 is 2.23 bits per heavy atom. The number of hydrogen-bond donors (Lipinski definition) is 2. The van der Waals surface area contributed by atoms with Gasteiger partial charge in [0.25, 0.3) is 0 Å². The summed E-state index contributed by atoms with van der Waals surface area (Å²) in [6.45, 7) is 1.96. The van der Waals surface area contributed by atoms with Crippen molar-refractivity contribution < 1.29 is 4.79 Å². The number of aryl methyl sites for hydroxylation is 1. The molecule has 130 valence electrons. The predicted octanol–water partition coefficient (Wildman–Crippen LogP) is 2.68. The van der Waals surface area contributed by atoms with Crippen LogP contribution in [0.25, 0.3) is 17.0 Å². The lowest BCUT2D eigenvalue weighted by molar-refractivity contribution is -0.113. The molecule has 1 aliphatic heterocycles. The summed E-state index contributed by atoms with van der Waals surface area (Å²) in [5.41, 5.74) is 3.10. The Bertz CT molecular complexity index is 1120. The molecule has 1 atom stereocenters. The van der Waals surface area contributed by atoms with E-state index in [2.05, 4.69) is 36.4 Å². The van der Waals surface area contributed by atoms with E-state index in [0.29, 0.717) is 28.6 Å². The largest absolute Gasteiger partial charge is 0.340 e. The van der Waals surface area contributed by atoms with Gasteiger partial charge in [0.15, 0.2) is 11.5 Å². The second-order valence-electron chi connectivity index (χ2n) is 5.81. The zero-order valence-electron chi connectivity index (χ0n) is 13.6. The van der Waals surface area contributed by atoms with Crippen molar-refractivity contribution in [2.45, 2.75) is 12.2 Å². The average Bonchev–Trinajstić information content (AvgIpc) is 3.35. The van der Waals surface area contributed by atoms with Crippen LogP contribution in [0.4, 0.5) is 5.82 Å². The maximum Gasteiger partial charge on any atom is 0.235 e. The molecule has 0 fully saturated rings. The van der Waals surface area contributed by atoms with Crippen LogP contribution in [0.5, 0.6) is 0 Å². The number of nitrogens with one attached hydrogen (secondary N) is 2. The van der Waals surface area contributed by atoms with Crippen molar-refractivity contribution in [2.75, 3.05) is 11.1 Å². The Morgan fingerprint density at radius 3 is 3.08 bits per heavy atom. The summed E-state index contributed by atoms with van der Waals surface area (Å²) in [5.74, 6) is 1.56. The Kier molecular flexibility index (Phi) is 3.54. The molecule has 26 heavy (non-hydrogen) atoms. The molecule has 0 radical (unpaired) electrons. The average molecular weight is 383 g/mol. The maximum atomic E-state index is 12.3. The van der Waals surface area contributed by atoms with E-state index in [4.69, 9.17) is 0 Å². The second-order valence-corrected chi connectivity index (χ2v) is 7.89. The number of fused-ring (bicyclic) bond motifs is 2. The molecule has 0 spiro atoms. The lowest BCUT2D eigenvalue weighted by Crippen LogP contribution is -2.16. The van der Waals surface area contributed by atoms with E-state index in [0.717, 1.165) is 11.3 Å². The molecule has 10 heteroatoms. The Morgan fingerprint density at radius 1 is 1.31 bits per heavy atom. The molecule has 1 unspecified atom stereocenters. The van der Waals surface area contributed by atoms with Crippen LogP contribution in [0.2, 0.25) is 0 Å². The van der Waals surface area contributed by atoms with Crippen molar-refractivity contribution in [2.24, 2.45) is 0 Å². The highest BCUT2D eigenvalue weighted by atomic mass is 32.2. The number of imidazole rings is 1. The minimum absolute atomic E-state index is 0.0497. The van der Waals surface area contributed by atoms with Gasteiger partial charge in [-0.15, -0.1) is 23.1 Å². The van der Waals surface area contributed by atoms with Crippen LogP contribution >= 0.6 is 23.1 Å². The summed E-state index contributed by atoms with van der Waals surface area (Å²) in [6, 6.07) is 4.12. The Hall–Kier alpha value is -2.72. The number of thiophene rings is 1. The van der Waals surface area contributed by atoms with E-state index in [-0.39, 0.29) is 11.2 Å². The lowest BCUT2D eigenvalue weighted by atomic mass is 10.1. The first-order chi connectivity index (χ1) is 12.7. The van der Waals surface area contributed by atoms with E-state index in [1.54, 1.807) is 34.1 Å². The standard InChI is InChI=1S/C16H13N7OS2/c1-8-11-13(9-3-2-4-25-9)26-5-10(24)21-15(11)23(22-8)16-12-14(18-6-17-12)19-7-20-16/h2-4,6-7,13H,5H2,1H3,(H,21,24)(H,17,18,19,20). The van der Waals surface area contributed by atoms with Gasteiger partial charge in [-0.1, -0.05) is 6.07 Å². The van der Waals surface area contributed by atoms with Crippen molar-refractivity contribution in [3.8, 4) is 5.82 Å². The second kappa shape index (κ2) is 5.92. The third kappa shape index (κ3) is 2.33. The van der Waals surface area contributed by atoms with E-state index >= 15 is 0 Å². The highest BCUT2D eigenvalue weighted by Gasteiger charge is 2.31. The van der Waals surface area contributed by atoms with Gasteiger partial charge in [0.1, 0.15) is 17.7 Å². The molecular formula is C16H13N7OS2. The van der Waals surface area contributed by atoms with Gasteiger partial charge in [-0.25, -0.2) is 15.0 Å². The van der Waals surface area contributed by atoms with Crippen LogP contribution in [-0.4, -0.2) is 41.4 Å². The topological polar surface area (TPSA) is 101 Å². The number of carbonyl (C=O) groups is 1. The first-order valence-corrected chi connectivity index (χ1v) is 9.84. The van der Waals surface area contributed by atoms with Gasteiger partial charge in [-0.05, 0) is 18.4 Å². The van der Waals surface area contributed by atoms with Gasteiger partial charge in [0.2, 0.25) is 5.91 Å². The van der Waals surface area contributed by atoms with Crippen molar-refractivity contribution in [3.63, 3.8) is 0 Å². The monoisotopic (exact) mass is 383 g/mol. The van der Waals surface area contributed by atoms with E-state index in [1.165, 1.54) is 11.2 Å². The number of nitrogens with zero attached hydrogens (tertiary/aromatic N) is 5.